The molecule has 0 amide bonds. The van der Waals surface area contributed by atoms with Crippen molar-refractivity contribution in [3.8, 4) is 5.88 Å². The second-order valence-electron chi connectivity index (χ2n) is 1.82. The van der Waals surface area contributed by atoms with Gasteiger partial charge in [-0.3, -0.25) is 0 Å². The third-order valence-corrected chi connectivity index (χ3v) is 1.27. The summed E-state index contributed by atoms with van der Waals surface area (Å²) in [5.74, 6) is -1.34. The zero-order valence-corrected chi connectivity index (χ0v) is 6.36. The minimum Gasteiger partial charge on any atom is -0.417 e. The zero-order valence-electron chi connectivity index (χ0n) is 5.60. The van der Waals surface area contributed by atoms with E-state index in [2.05, 4.69) is 9.72 Å². The Bertz CT molecular complexity index is 281. The predicted octanol–water partition coefficient (Wildman–Crippen LogP) is 2.48. The Labute approximate surface area is 70.9 Å². The molecule has 0 fully saturated rings. The van der Waals surface area contributed by atoms with Gasteiger partial charge in [-0.15, -0.1) is 0 Å². The first-order valence-electron chi connectivity index (χ1n) is 2.85. The van der Waals surface area contributed by atoms with Crippen molar-refractivity contribution < 1.29 is 17.9 Å². The molecule has 0 N–H and O–H groups in total. The number of halogens is 4. The molecule has 2 nitrogen and oxygen atoms in total. The standard InChI is InChI=1S/C6H3ClF3NO/c7-3-2-11-5(1-4(3)8)12-6(9)10/h1-2,6H. The normalized spacial score (nSPS) is 10.4. The smallest absolute Gasteiger partial charge is 0.388 e. The van der Waals surface area contributed by atoms with E-state index in [1.165, 1.54) is 0 Å². The van der Waals surface area contributed by atoms with E-state index in [9.17, 15) is 13.2 Å². The van der Waals surface area contributed by atoms with Gasteiger partial charge in [0.25, 0.3) is 0 Å². The molecule has 1 aromatic heterocycles. The lowest BCUT2D eigenvalue weighted by atomic mass is 10.4. The van der Waals surface area contributed by atoms with E-state index in [1.807, 2.05) is 0 Å². The second-order valence-corrected chi connectivity index (χ2v) is 2.22. The fourth-order valence-electron chi connectivity index (χ4n) is 0.552. The quantitative estimate of drug-likeness (QED) is 0.727. The molecule has 0 aliphatic heterocycles. The highest BCUT2D eigenvalue weighted by molar-refractivity contribution is 6.30. The van der Waals surface area contributed by atoms with Gasteiger partial charge in [-0.1, -0.05) is 11.6 Å². The van der Waals surface area contributed by atoms with Gasteiger partial charge in [0.15, 0.2) is 0 Å². The third-order valence-electron chi connectivity index (χ3n) is 0.993. The number of aromatic nitrogens is 1. The predicted molar refractivity (Wildman–Crippen MR) is 35.8 cm³/mol. The first kappa shape index (κ1) is 9.12. The highest BCUT2D eigenvalue weighted by Gasteiger charge is 2.07. The van der Waals surface area contributed by atoms with Crippen LogP contribution in [-0.4, -0.2) is 11.6 Å². The van der Waals surface area contributed by atoms with Gasteiger partial charge < -0.3 is 4.74 Å². The zero-order chi connectivity index (χ0) is 9.14. The van der Waals surface area contributed by atoms with Crippen LogP contribution in [0, 0.1) is 5.82 Å². The van der Waals surface area contributed by atoms with Crippen LogP contribution >= 0.6 is 11.6 Å². The van der Waals surface area contributed by atoms with Gasteiger partial charge in [0.1, 0.15) is 5.82 Å². The van der Waals surface area contributed by atoms with Gasteiger partial charge in [0, 0.05) is 6.07 Å². The summed E-state index contributed by atoms with van der Waals surface area (Å²) in [7, 11) is 0. The largest absolute Gasteiger partial charge is 0.417 e. The van der Waals surface area contributed by atoms with Crippen molar-refractivity contribution in [3.05, 3.63) is 23.1 Å². The maximum Gasteiger partial charge on any atom is 0.388 e. The SMILES string of the molecule is Fc1cc(OC(F)F)ncc1Cl. The molecule has 0 atom stereocenters. The monoisotopic (exact) mass is 197 g/mol. The number of pyridine rings is 1. The van der Waals surface area contributed by atoms with E-state index in [-0.39, 0.29) is 5.02 Å². The van der Waals surface area contributed by atoms with Gasteiger partial charge in [0.05, 0.1) is 11.2 Å². The lowest BCUT2D eigenvalue weighted by Crippen LogP contribution is -2.03. The number of nitrogens with zero attached hydrogens (tertiary/aromatic N) is 1. The lowest BCUT2D eigenvalue weighted by Gasteiger charge is -2.02. The summed E-state index contributed by atoms with van der Waals surface area (Å²) in [5.41, 5.74) is 0. The summed E-state index contributed by atoms with van der Waals surface area (Å²) in [4.78, 5) is 3.31. The Morgan fingerprint density at radius 3 is 2.67 bits per heavy atom. The molecular weight excluding hydrogens is 195 g/mol. The summed E-state index contributed by atoms with van der Waals surface area (Å²) in [6.07, 6.45) is 0.897. The maximum absolute atomic E-state index is 12.5. The molecule has 0 unspecified atom stereocenters. The van der Waals surface area contributed by atoms with Gasteiger partial charge in [-0.2, -0.15) is 8.78 Å². The molecule has 0 aromatic carbocycles. The average Bonchev–Trinajstić information content (AvgIpc) is 1.96. The van der Waals surface area contributed by atoms with Crippen molar-refractivity contribution in [2.45, 2.75) is 6.61 Å². The van der Waals surface area contributed by atoms with Crippen LogP contribution in [0.25, 0.3) is 0 Å². The van der Waals surface area contributed by atoms with Gasteiger partial charge in [-0.05, 0) is 0 Å². The first-order valence-corrected chi connectivity index (χ1v) is 3.23. The van der Waals surface area contributed by atoms with E-state index in [0.717, 1.165) is 6.20 Å². The molecule has 0 saturated carbocycles. The van der Waals surface area contributed by atoms with Crippen LogP contribution in [0.15, 0.2) is 12.3 Å². The maximum atomic E-state index is 12.5. The molecule has 6 heteroatoms. The number of rotatable bonds is 2. The molecule has 12 heavy (non-hydrogen) atoms. The van der Waals surface area contributed by atoms with Crippen molar-refractivity contribution in [1.82, 2.24) is 4.98 Å². The summed E-state index contributed by atoms with van der Waals surface area (Å²) in [6.45, 7) is -3.02. The molecule has 0 spiro atoms. The molecule has 0 radical (unpaired) electrons. The van der Waals surface area contributed by atoms with Gasteiger partial charge in [-0.25, -0.2) is 9.37 Å². The van der Waals surface area contributed by atoms with Crippen molar-refractivity contribution in [2.24, 2.45) is 0 Å². The van der Waals surface area contributed by atoms with Gasteiger partial charge >= 0.3 is 6.61 Å². The summed E-state index contributed by atoms with van der Waals surface area (Å²) < 4.78 is 39.4. The average molecular weight is 198 g/mol. The van der Waals surface area contributed by atoms with E-state index in [1.54, 1.807) is 0 Å². The molecule has 0 aliphatic carbocycles. The Morgan fingerprint density at radius 2 is 2.17 bits per heavy atom. The number of hydrogen-bond acceptors (Lipinski definition) is 2. The second kappa shape index (κ2) is 3.62. The number of alkyl halides is 2. The molecule has 0 saturated heterocycles. The Morgan fingerprint density at radius 1 is 1.50 bits per heavy atom. The van der Waals surface area contributed by atoms with Crippen molar-refractivity contribution in [3.63, 3.8) is 0 Å². The molecule has 0 aliphatic rings. The third kappa shape index (κ3) is 2.27. The fraction of sp³-hybridized carbons (Fsp3) is 0.167. The summed E-state index contributed by atoms with van der Waals surface area (Å²) >= 11 is 5.24. The topological polar surface area (TPSA) is 22.1 Å². The number of ether oxygens (including phenoxy) is 1. The van der Waals surface area contributed by atoms with Crippen molar-refractivity contribution in [2.75, 3.05) is 0 Å². The molecule has 1 rings (SSSR count). The lowest BCUT2D eigenvalue weighted by molar-refractivity contribution is -0.0530. The van der Waals surface area contributed by atoms with Crippen LogP contribution in [0.3, 0.4) is 0 Å². The van der Waals surface area contributed by atoms with E-state index >= 15 is 0 Å². The van der Waals surface area contributed by atoms with Crippen molar-refractivity contribution in [1.29, 1.82) is 0 Å². The summed E-state index contributed by atoms with van der Waals surface area (Å²) in [6, 6.07) is 0.689. The van der Waals surface area contributed by atoms with Crippen LogP contribution < -0.4 is 4.74 Å². The van der Waals surface area contributed by atoms with Crippen LogP contribution in [0.2, 0.25) is 5.02 Å². The Hall–Kier alpha value is -0.970. The van der Waals surface area contributed by atoms with Crippen LogP contribution in [0.4, 0.5) is 13.2 Å². The molecule has 1 aromatic rings. The summed E-state index contributed by atoms with van der Waals surface area (Å²) in [5, 5.41) is -0.239. The molecule has 66 valence electrons. The van der Waals surface area contributed by atoms with Crippen LogP contribution in [0.5, 0.6) is 5.88 Å². The molecule has 0 bridgehead atoms. The Balaban J connectivity index is 2.82. The van der Waals surface area contributed by atoms with Gasteiger partial charge in [0.2, 0.25) is 5.88 Å². The molecule has 1 heterocycles. The Kier molecular flexibility index (Phi) is 2.75. The van der Waals surface area contributed by atoms with Crippen LogP contribution in [-0.2, 0) is 0 Å². The van der Waals surface area contributed by atoms with Crippen LogP contribution in [0.1, 0.15) is 0 Å². The minimum absolute atomic E-state index is 0.239. The highest BCUT2D eigenvalue weighted by Crippen LogP contribution is 2.18. The fourth-order valence-corrected chi connectivity index (χ4v) is 0.656. The van der Waals surface area contributed by atoms with Crippen molar-refractivity contribution >= 4 is 11.6 Å². The highest BCUT2D eigenvalue weighted by atomic mass is 35.5. The minimum atomic E-state index is -3.02. The van der Waals surface area contributed by atoms with E-state index in [4.69, 9.17) is 11.6 Å². The number of hydrogen-bond donors (Lipinski definition) is 0. The van der Waals surface area contributed by atoms with E-state index < -0.39 is 18.3 Å². The molecular formula is C6H3ClF3NO. The first-order chi connectivity index (χ1) is 5.59. The van der Waals surface area contributed by atoms with E-state index in [0.29, 0.717) is 6.07 Å².